The molecule has 7 N–H and O–H groups in total. The number of phenolic OH excluding ortho intramolecular Hbond substituents is 3. The summed E-state index contributed by atoms with van der Waals surface area (Å²) in [7, 11) is 0. The number of phenols is 3. The normalized spacial score (nSPS) is 11.6. The second-order valence-electron chi connectivity index (χ2n) is 18.5. The van der Waals surface area contributed by atoms with Crippen LogP contribution in [0.25, 0.3) is 65.4 Å². The SMILES string of the molecule is CCCCn1c2ccccc2c2c(C=Nc3ccccc3N=Cc3c(O)ccc4c3c3ccccc3n4CCCC)c(O)ccc21.CCCCn1c2ccccc2c2c(C=O)c(O)ccc21.Nc1ccccc1N. The molecule has 0 bridgehead atoms. The lowest BCUT2D eigenvalue weighted by molar-refractivity contribution is 0.112. The second-order valence-corrected chi connectivity index (χ2v) is 18.5. The highest BCUT2D eigenvalue weighted by Gasteiger charge is 2.19. The molecule has 374 valence electrons. The molecule has 0 aliphatic carbocycles. The number of nitrogens with two attached hydrogens (primary N) is 2. The molecule has 11 nitrogen and oxygen atoms in total. The number of aldehydes is 1. The molecule has 0 aliphatic rings. The molecular formula is C63H63N7O4. The van der Waals surface area contributed by atoms with E-state index in [4.69, 9.17) is 21.5 Å². The van der Waals surface area contributed by atoms with Gasteiger partial charge in [-0.25, -0.2) is 0 Å². The monoisotopic (exact) mass is 981 g/mol. The molecule has 0 amide bonds. The van der Waals surface area contributed by atoms with E-state index in [1.807, 2.05) is 84.9 Å². The van der Waals surface area contributed by atoms with Crippen molar-refractivity contribution in [2.75, 3.05) is 11.5 Å². The smallest absolute Gasteiger partial charge is 0.154 e. The lowest BCUT2D eigenvalue weighted by Gasteiger charge is -2.08. The Morgan fingerprint density at radius 3 is 1.05 bits per heavy atom. The van der Waals surface area contributed by atoms with E-state index in [1.165, 1.54) is 0 Å². The zero-order chi connectivity index (χ0) is 51.7. The van der Waals surface area contributed by atoms with E-state index in [1.54, 1.807) is 42.8 Å². The van der Waals surface area contributed by atoms with Gasteiger partial charge in [-0.05, 0) is 98.1 Å². The Hall–Kier alpha value is -8.83. The van der Waals surface area contributed by atoms with Crippen molar-refractivity contribution < 1.29 is 20.1 Å². The van der Waals surface area contributed by atoms with Crippen LogP contribution in [0.5, 0.6) is 17.2 Å². The van der Waals surface area contributed by atoms with Gasteiger partial charge in [0.15, 0.2) is 6.29 Å². The minimum atomic E-state index is 0.0471. The highest BCUT2D eigenvalue weighted by Crippen LogP contribution is 2.39. The third kappa shape index (κ3) is 9.88. The molecule has 0 fully saturated rings. The lowest BCUT2D eigenvalue weighted by atomic mass is 10.1. The first kappa shape index (κ1) is 50.1. The quantitative estimate of drug-likeness (QED) is 0.0413. The van der Waals surface area contributed by atoms with Crippen molar-refractivity contribution >= 4 is 107 Å². The maximum atomic E-state index is 11.3. The number of carbonyl (C=O) groups excluding carboxylic acids is 1. The van der Waals surface area contributed by atoms with Crippen LogP contribution >= 0.6 is 0 Å². The maximum Gasteiger partial charge on any atom is 0.154 e. The third-order valence-electron chi connectivity index (χ3n) is 13.7. The van der Waals surface area contributed by atoms with Gasteiger partial charge in [0.25, 0.3) is 0 Å². The van der Waals surface area contributed by atoms with Crippen molar-refractivity contribution in [2.45, 2.75) is 78.9 Å². The molecule has 11 heteroatoms. The fourth-order valence-electron chi connectivity index (χ4n) is 9.98. The second kappa shape index (κ2) is 22.7. The summed E-state index contributed by atoms with van der Waals surface area (Å²) in [5.74, 6) is 0.421. The summed E-state index contributed by atoms with van der Waals surface area (Å²) in [5, 5.41) is 38.1. The Balaban J connectivity index is 0.000000196. The van der Waals surface area contributed by atoms with Gasteiger partial charge >= 0.3 is 0 Å². The number of nitrogens with zero attached hydrogens (tertiary/aromatic N) is 5. The van der Waals surface area contributed by atoms with Crippen LogP contribution < -0.4 is 11.5 Å². The van der Waals surface area contributed by atoms with Crippen LogP contribution in [0.1, 0.15) is 80.8 Å². The number of benzene rings is 8. The lowest BCUT2D eigenvalue weighted by Crippen LogP contribution is -1.97. The maximum absolute atomic E-state index is 11.3. The van der Waals surface area contributed by atoms with Crippen LogP contribution in [0.4, 0.5) is 22.7 Å². The molecule has 74 heavy (non-hydrogen) atoms. The van der Waals surface area contributed by atoms with Gasteiger partial charge in [0.2, 0.25) is 0 Å². The van der Waals surface area contributed by atoms with Gasteiger partial charge in [-0.1, -0.05) is 119 Å². The Morgan fingerprint density at radius 2 is 0.716 bits per heavy atom. The standard InChI is InChI=1S/C40H38N4O2.C17H17NO2.C6H8N2/c1-3-5-23-43-33-17-11-7-13-27(33)39-29(37(45)21-19-35(39)43)25-41-31-15-9-10-16-32(31)42-26-30-38(46)22-20-36-40(30)28-14-8-12-18-34(28)44(36)24-6-4-2;1-2-3-10-18-14-7-5-4-6-12(14)17-13(11-19)16(20)9-8-15(17)18;7-5-3-1-2-4-6(5)8/h7-22,25-26,45-46H,3-6,23-24H2,1-2H3;4-9,11,20H,2-3,10H2,1H3;1-4H,7-8H2. The van der Waals surface area contributed by atoms with Crippen LogP contribution in [0, 0.1) is 0 Å². The Kier molecular flexibility index (Phi) is 15.4. The fraction of sp³-hybridized carbons (Fsp3) is 0.190. The Morgan fingerprint density at radius 1 is 0.405 bits per heavy atom. The highest BCUT2D eigenvalue weighted by molar-refractivity contribution is 6.19. The number of hydrogen-bond acceptors (Lipinski definition) is 8. The van der Waals surface area contributed by atoms with Crippen molar-refractivity contribution in [3.63, 3.8) is 0 Å². The number of fused-ring (bicyclic) bond motifs is 9. The summed E-state index contributed by atoms with van der Waals surface area (Å²) in [6.07, 6.45) is 10.8. The Labute approximate surface area is 431 Å². The zero-order valence-electron chi connectivity index (χ0n) is 42.2. The van der Waals surface area contributed by atoms with Crippen LogP contribution in [0.15, 0.2) is 168 Å². The summed E-state index contributed by atoms with van der Waals surface area (Å²) in [4.78, 5) is 21.1. The summed E-state index contributed by atoms with van der Waals surface area (Å²) in [5.41, 5.74) is 21.8. The van der Waals surface area contributed by atoms with Gasteiger partial charge in [-0.15, -0.1) is 0 Å². The van der Waals surface area contributed by atoms with E-state index in [2.05, 4.69) is 76.9 Å². The number of aromatic nitrogens is 3. The van der Waals surface area contributed by atoms with Gasteiger partial charge in [0, 0.05) is 92.1 Å². The minimum Gasteiger partial charge on any atom is -0.507 e. The number of hydrogen-bond donors (Lipinski definition) is 5. The minimum absolute atomic E-state index is 0.0471. The van der Waals surface area contributed by atoms with Crippen LogP contribution in [-0.4, -0.2) is 47.7 Å². The molecule has 3 heterocycles. The molecule has 0 spiro atoms. The number of aromatic hydroxyl groups is 3. The first-order valence-electron chi connectivity index (χ1n) is 25.6. The van der Waals surface area contributed by atoms with E-state index < -0.39 is 0 Å². The number of nitrogen functional groups attached to an aromatic ring is 2. The molecule has 0 atom stereocenters. The molecule has 3 aromatic heterocycles. The molecule has 0 aliphatic heterocycles. The molecule has 0 unspecified atom stereocenters. The topological polar surface area (TPSA) is 169 Å². The average Bonchev–Trinajstić information content (AvgIpc) is 4.05. The van der Waals surface area contributed by atoms with Crippen molar-refractivity contribution in [1.82, 2.24) is 13.7 Å². The molecule has 0 radical (unpaired) electrons. The van der Waals surface area contributed by atoms with Gasteiger partial charge in [-0.2, -0.15) is 0 Å². The van der Waals surface area contributed by atoms with E-state index >= 15 is 0 Å². The number of rotatable bonds is 14. The van der Waals surface area contributed by atoms with Crippen LogP contribution in [-0.2, 0) is 19.6 Å². The Bertz CT molecular complexity index is 3680. The van der Waals surface area contributed by atoms with E-state index in [9.17, 15) is 20.1 Å². The molecule has 11 aromatic rings. The van der Waals surface area contributed by atoms with Gasteiger partial charge in [-0.3, -0.25) is 14.8 Å². The van der Waals surface area contributed by atoms with Crippen molar-refractivity contribution in [3.8, 4) is 17.2 Å². The fourth-order valence-corrected chi connectivity index (χ4v) is 9.98. The average molecular weight is 982 g/mol. The number of carbonyl (C=O) groups is 1. The summed E-state index contributed by atoms with van der Waals surface area (Å²) >= 11 is 0. The van der Waals surface area contributed by atoms with E-state index in [0.717, 1.165) is 130 Å². The predicted molar refractivity (Wildman–Crippen MR) is 310 cm³/mol. The molecule has 11 rings (SSSR count). The number of aliphatic imine (C=N–C) groups is 2. The van der Waals surface area contributed by atoms with E-state index in [-0.39, 0.29) is 17.2 Å². The first-order valence-corrected chi connectivity index (χ1v) is 25.6. The summed E-state index contributed by atoms with van der Waals surface area (Å²) < 4.78 is 6.92. The van der Waals surface area contributed by atoms with Crippen LogP contribution in [0.3, 0.4) is 0 Å². The predicted octanol–water partition coefficient (Wildman–Crippen LogP) is 15.4. The number of unbranched alkanes of at least 4 members (excludes halogenated alkanes) is 3. The van der Waals surface area contributed by atoms with Gasteiger partial charge in [0.05, 0.1) is 44.9 Å². The van der Waals surface area contributed by atoms with Crippen molar-refractivity contribution in [3.05, 3.63) is 174 Å². The van der Waals surface area contributed by atoms with Crippen molar-refractivity contribution in [1.29, 1.82) is 0 Å². The van der Waals surface area contributed by atoms with Gasteiger partial charge < -0.3 is 40.5 Å². The number of aryl methyl sites for hydroxylation is 3. The van der Waals surface area contributed by atoms with Crippen molar-refractivity contribution in [2.24, 2.45) is 9.98 Å². The first-order chi connectivity index (χ1) is 36.2. The molecule has 0 saturated heterocycles. The van der Waals surface area contributed by atoms with Gasteiger partial charge in [0.1, 0.15) is 17.2 Å². The summed E-state index contributed by atoms with van der Waals surface area (Å²) in [6, 6.07) is 50.7. The highest BCUT2D eigenvalue weighted by atomic mass is 16.3. The zero-order valence-corrected chi connectivity index (χ0v) is 42.2. The van der Waals surface area contributed by atoms with E-state index in [0.29, 0.717) is 39.4 Å². The summed E-state index contributed by atoms with van der Waals surface area (Å²) in [6.45, 7) is 9.31. The molecule has 8 aromatic carbocycles. The molecular weight excluding hydrogens is 919 g/mol. The largest absolute Gasteiger partial charge is 0.507 e. The number of anilines is 2. The number of para-hydroxylation sites is 7. The van der Waals surface area contributed by atoms with Crippen LogP contribution in [0.2, 0.25) is 0 Å². The third-order valence-corrected chi connectivity index (χ3v) is 13.7. The molecule has 0 saturated carbocycles.